The highest BCUT2D eigenvalue weighted by Crippen LogP contribution is 2.05. The zero-order chi connectivity index (χ0) is 8.32. The van der Waals surface area contributed by atoms with E-state index in [9.17, 15) is 4.21 Å². The van der Waals surface area contributed by atoms with E-state index in [2.05, 4.69) is 4.98 Å². The van der Waals surface area contributed by atoms with E-state index in [4.69, 9.17) is 4.78 Å². The van der Waals surface area contributed by atoms with E-state index < -0.39 is 9.73 Å². The van der Waals surface area contributed by atoms with Gasteiger partial charge in [-0.1, -0.05) is 13.0 Å². The molecule has 1 heterocycles. The fourth-order valence-electron chi connectivity index (χ4n) is 0.690. The van der Waals surface area contributed by atoms with Gasteiger partial charge in [0.2, 0.25) is 0 Å². The highest BCUT2D eigenvalue weighted by atomic mass is 32.2. The smallest absolute Gasteiger partial charge is 0.135 e. The molecule has 0 aliphatic rings. The Morgan fingerprint density at radius 3 is 2.82 bits per heavy atom. The lowest BCUT2D eigenvalue weighted by molar-refractivity contribution is 0.672. The number of hydrogen-bond acceptors (Lipinski definition) is 3. The summed E-state index contributed by atoms with van der Waals surface area (Å²) in [5, 5.41) is 0.377. The third-order valence-electron chi connectivity index (χ3n) is 1.38. The van der Waals surface area contributed by atoms with Gasteiger partial charge in [0.15, 0.2) is 0 Å². The van der Waals surface area contributed by atoms with Crippen LogP contribution in [0.25, 0.3) is 0 Å². The standard InChI is InChI=1S/C7H10N2OS/c1-2-11(8,10)7-5-3-4-6-9-7/h3-6,8H,2H2,1H3/t11-/m0/s1. The first kappa shape index (κ1) is 8.20. The minimum atomic E-state index is -2.61. The number of nitrogens with zero attached hydrogens (tertiary/aromatic N) is 1. The van der Waals surface area contributed by atoms with E-state index >= 15 is 0 Å². The van der Waals surface area contributed by atoms with E-state index in [-0.39, 0.29) is 0 Å². The van der Waals surface area contributed by atoms with Gasteiger partial charge in [-0.05, 0) is 12.1 Å². The zero-order valence-electron chi connectivity index (χ0n) is 6.28. The predicted molar refractivity (Wildman–Crippen MR) is 43.9 cm³/mol. The first-order valence-corrected chi connectivity index (χ1v) is 5.07. The summed E-state index contributed by atoms with van der Waals surface area (Å²) in [6.45, 7) is 1.73. The molecular weight excluding hydrogens is 160 g/mol. The van der Waals surface area contributed by atoms with Gasteiger partial charge in [-0.15, -0.1) is 0 Å². The van der Waals surface area contributed by atoms with Crippen molar-refractivity contribution in [3.8, 4) is 0 Å². The summed E-state index contributed by atoms with van der Waals surface area (Å²) >= 11 is 0. The molecule has 0 spiro atoms. The van der Waals surface area contributed by atoms with Gasteiger partial charge in [0.25, 0.3) is 0 Å². The van der Waals surface area contributed by atoms with Crippen LogP contribution in [-0.2, 0) is 9.73 Å². The molecule has 0 bridgehead atoms. The Morgan fingerprint density at radius 2 is 2.36 bits per heavy atom. The van der Waals surface area contributed by atoms with Gasteiger partial charge in [0.1, 0.15) is 5.03 Å². The molecule has 1 aromatic heterocycles. The summed E-state index contributed by atoms with van der Waals surface area (Å²) in [6.07, 6.45) is 1.55. The molecular formula is C7H10N2OS. The van der Waals surface area contributed by atoms with Crippen LogP contribution in [0.4, 0.5) is 0 Å². The van der Waals surface area contributed by atoms with Gasteiger partial charge >= 0.3 is 0 Å². The van der Waals surface area contributed by atoms with E-state index in [1.165, 1.54) is 0 Å². The number of hydrogen-bond donors (Lipinski definition) is 1. The Bertz CT molecular complexity index is 318. The van der Waals surface area contributed by atoms with Crippen molar-refractivity contribution in [3.63, 3.8) is 0 Å². The van der Waals surface area contributed by atoms with E-state index in [0.29, 0.717) is 10.8 Å². The fourth-order valence-corrected chi connectivity index (χ4v) is 1.52. The van der Waals surface area contributed by atoms with Crippen LogP contribution < -0.4 is 0 Å². The minimum absolute atomic E-state index is 0.323. The van der Waals surface area contributed by atoms with Crippen molar-refractivity contribution in [2.45, 2.75) is 11.9 Å². The van der Waals surface area contributed by atoms with Crippen LogP contribution >= 0.6 is 0 Å². The third kappa shape index (κ3) is 1.77. The number of rotatable bonds is 2. The van der Waals surface area contributed by atoms with Crippen LogP contribution in [0.1, 0.15) is 6.92 Å². The van der Waals surface area contributed by atoms with Crippen molar-refractivity contribution in [2.75, 3.05) is 5.75 Å². The summed E-state index contributed by atoms with van der Waals surface area (Å²) < 4.78 is 18.7. The molecule has 4 heteroatoms. The maximum atomic E-state index is 11.4. The SMILES string of the molecule is CC[S@](=N)(=O)c1ccccn1. The maximum Gasteiger partial charge on any atom is 0.135 e. The second-order valence-electron chi connectivity index (χ2n) is 2.13. The van der Waals surface area contributed by atoms with Gasteiger partial charge in [-0.2, -0.15) is 0 Å². The van der Waals surface area contributed by atoms with E-state index in [1.54, 1.807) is 31.3 Å². The monoisotopic (exact) mass is 170 g/mol. The molecule has 0 aliphatic heterocycles. The molecule has 60 valence electrons. The van der Waals surface area contributed by atoms with Crippen molar-refractivity contribution in [2.24, 2.45) is 0 Å². The average Bonchev–Trinajstić information content (AvgIpc) is 2.06. The molecule has 11 heavy (non-hydrogen) atoms. The predicted octanol–water partition coefficient (Wildman–Crippen LogP) is 1.51. The maximum absolute atomic E-state index is 11.4. The summed E-state index contributed by atoms with van der Waals surface area (Å²) in [5.74, 6) is 0.323. The molecule has 0 saturated carbocycles. The van der Waals surface area contributed by atoms with Crippen LogP contribution in [0.2, 0.25) is 0 Å². The molecule has 0 amide bonds. The molecule has 1 rings (SSSR count). The molecule has 3 nitrogen and oxygen atoms in total. The molecule has 0 unspecified atom stereocenters. The summed E-state index contributed by atoms with van der Waals surface area (Å²) in [6, 6.07) is 5.11. The van der Waals surface area contributed by atoms with Crippen molar-refractivity contribution >= 4 is 9.73 Å². The molecule has 1 atom stereocenters. The van der Waals surface area contributed by atoms with Gasteiger partial charge in [-0.3, -0.25) is 0 Å². The minimum Gasteiger partial charge on any atom is -0.248 e. The van der Waals surface area contributed by atoms with E-state index in [0.717, 1.165) is 0 Å². The first-order valence-electron chi connectivity index (χ1n) is 3.34. The Morgan fingerprint density at radius 1 is 1.64 bits per heavy atom. The van der Waals surface area contributed by atoms with Crippen molar-refractivity contribution in [1.82, 2.24) is 4.98 Å². The summed E-state index contributed by atoms with van der Waals surface area (Å²) in [5.41, 5.74) is 0. The lowest BCUT2D eigenvalue weighted by atomic mass is 10.5. The van der Waals surface area contributed by atoms with Crippen LogP contribution in [0, 0.1) is 4.78 Å². The van der Waals surface area contributed by atoms with Crippen molar-refractivity contribution in [1.29, 1.82) is 4.78 Å². The third-order valence-corrected chi connectivity index (χ3v) is 3.11. The summed E-state index contributed by atoms with van der Waals surface area (Å²) in [7, 11) is -2.61. The largest absolute Gasteiger partial charge is 0.248 e. The van der Waals surface area contributed by atoms with Gasteiger partial charge in [0, 0.05) is 11.9 Å². The normalized spacial score (nSPS) is 15.7. The first-order chi connectivity index (χ1) is 5.17. The average molecular weight is 170 g/mol. The molecule has 0 saturated heterocycles. The zero-order valence-corrected chi connectivity index (χ0v) is 7.10. The van der Waals surface area contributed by atoms with E-state index in [1.807, 2.05) is 0 Å². The Balaban J connectivity index is 3.14. The highest BCUT2D eigenvalue weighted by molar-refractivity contribution is 7.92. The van der Waals surface area contributed by atoms with Crippen LogP contribution in [0.5, 0.6) is 0 Å². The van der Waals surface area contributed by atoms with Gasteiger partial charge in [-0.25, -0.2) is 14.0 Å². The second-order valence-corrected chi connectivity index (χ2v) is 4.48. The highest BCUT2D eigenvalue weighted by Gasteiger charge is 2.06. The molecule has 0 radical (unpaired) electrons. The fraction of sp³-hybridized carbons (Fsp3) is 0.286. The number of aromatic nitrogens is 1. The molecule has 1 aromatic rings. The number of pyridine rings is 1. The topological polar surface area (TPSA) is 53.8 Å². The van der Waals surface area contributed by atoms with Crippen LogP contribution in [0.15, 0.2) is 29.4 Å². The lowest BCUT2D eigenvalue weighted by Crippen LogP contribution is -2.03. The van der Waals surface area contributed by atoms with Crippen LogP contribution in [0.3, 0.4) is 0 Å². The van der Waals surface area contributed by atoms with Gasteiger partial charge in [0.05, 0.1) is 9.73 Å². The number of nitrogens with one attached hydrogen (secondary N) is 1. The second kappa shape index (κ2) is 3.00. The van der Waals surface area contributed by atoms with Crippen LogP contribution in [-0.4, -0.2) is 14.9 Å². The Labute approximate surface area is 66.4 Å². The van der Waals surface area contributed by atoms with Crippen molar-refractivity contribution in [3.05, 3.63) is 24.4 Å². The Hall–Kier alpha value is -0.900. The summed E-state index contributed by atoms with van der Waals surface area (Å²) in [4.78, 5) is 3.86. The quantitative estimate of drug-likeness (QED) is 0.731. The van der Waals surface area contributed by atoms with Crippen molar-refractivity contribution < 1.29 is 4.21 Å². The Kier molecular flexibility index (Phi) is 2.24. The molecule has 0 fully saturated rings. The molecule has 0 aliphatic carbocycles. The molecule has 0 aromatic carbocycles. The molecule has 1 N–H and O–H groups in total. The van der Waals surface area contributed by atoms with Gasteiger partial charge < -0.3 is 0 Å². The lowest BCUT2D eigenvalue weighted by Gasteiger charge is -2.00.